The number of nitrogens with zero attached hydrogens (tertiary/aromatic N) is 1. The molecule has 23 heavy (non-hydrogen) atoms. The van der Waals surface area contributed by atoms with Crippen molar-refractivity contribution in [2.45, 2.75) is 26.7 Å². The molecule has 0 aliphatic carbocycles. The van der Waals surface area contributed by atoms with Crippen molar-refractivity contribution in [2.24, 2.45) is 4.99 Å². The van der Waals surface area contributed by atoms with Crippen LogP contribution in [0.5, 0.6) is 0 Å². The summed E-state index contributed by atoms with van der Waals surface area (Å²) in [5.74, 6) is 1.12. The Kier molecular flexibility index (Phi) is 8.65. The molecule has 1 atom stereocenters. The van der Waals surface area contributed by atoms with E-state index in [9.17, 15) is 8.42 Å². The van der Waals surface area contributed by atoms with Gasteiger partial charge in [0.15, 0.2) is 5.96 Å². The van der Waals surface area contributed by atoms with Crippen molar-refractivity contribution in [3.8, 4) is 0 Å². The zero-order valence-electron chi connectivity index (χ0n) is 14.2. The summed E-state index contributed by atoms with van der Waals surface area (Å²) >= 11 is 0. The van der Waals surface area contributed by atoms with Crippen LogP contribution in [0.15, 0.2) is 35.3 Å². The van der Waals surface area contributed by atoms with E-state index >= 15 is 0 Å². The van der Waals surface area contributed by atoms with E-state index in [1.165, 1.54) is 5.56 Å². The largest absolute Gasteiger partial charge is 0.357 e. The van der Waals surface area contributed by atoms with Crippen molar-refractivity contribution in [2.75, 3.05) is 31.9 Å². The van der Waals surface area contributed by atoms with E-state index in [-0.39, 0.29) is 5.75 Å². The Morgan fingerprint density at radius 2 is 1.83 bits per heavy atom. The van der Waals surface area contributed by atoms with Crippen LogP contribution in [0.1, 0.15) is 32.3 Å². The summed E-state index contributed by atoms with van der Waals surface area (Å²) in [7, 11) is -3.14. The van der Waals surface area contributed by atoms with Gasteiger partial charge < -0.3 is 10.6 Å². The first-order valence-electron chi connectivity index (χ1n) is 8.03. The average Bonchev–Trinajstić information content (AvgIpc) is 2.57. The van der Waals surface area contributed by atoms with Crippen LogP contribution in [0.2, 0.25) is 0 Å². The van der Waals surface area contributed by atoms with Crippen molar-refractivity contribution in [3.63, 3.8) is 0 Å². The topological polar surface area (TPSA) is 82.6 Å². The highest BCUT2D eigenvalue weighted by molar-refractivity contribution is 7.89. The van der Waals surface area contributed by atoms with E-state index in [1.54, 1.807) is 6.92 Å². The van der Waals surface area contributed by atoms with E-state index < -0.39 is 10.0 Å². The molecule has 0 amide bonds. The molecule has 0 spiro atoms. The highest BCUT2D eigenvalue weighted by Gasteiger charge is 2.06. The fourth-order valence-corrected chi connectivity index (χ4v) is 2.56. The number of hydrogen-bond acceptors (Lipinski definition) is 3. The quantitative estimate of drug-likeness (QED) is 0.359. The van der Waals surface area contributed by atoms with E-state index in [4.69, 9.17) is 0 Å². The molecule has 0 aliphatic heterocycles. The van der Waals surface area contributed by atoms with Crippen molar-refractivity contribution in [3.05, 3.63) is 35.9 Å². The average molecular weight is 340 g/mol. The molecule has 7 heteroatoms. The summed E-state index contributed by atoms with van der Waals surface area (Å²) in [5, 5.41) is 6.30. The molecule has 0 aliphatic rings. The maximum absolute atomic E-state index is 11.4. The van der Waals surface area contributed by atoms with Gasteiger partial charge in [-0.1, -0.05) is 37.3 Å². The molecule has 0 aromatic heterocycles. The Labute approximate surface area is 139 Å². The van der Waals surface area contributed by atoms with Crippen molar-refractivity contribution < 1.29 is 8.42 Å². The van der Waals surface area contributed by atoms with Gasteiger partial charge in [0.25, 0.3) is 0 Å². The maximum atomic E-state index is 11.4. The first-order valence-corrected chi connectivity index (χ1v) is 9.68. The van der Waals surface area contributed by atoms with Gasteiger partial charge in [0.1, 0.15) is 0 Å². The smallest absolute Gasteiger partial charge is 0.211 e. The zero-order chi connectivity index (χ0) is 17.1. The molecule has 0 saturated heterocycles. The molecule has 0 radical (unpaired) electrons. The standard InChI is InChI=1S/C16H28N4O2S/c1-4-17-16(18-11-12-20-23(21,22)5-2)19-13-14(3)15-9-7-6-8-10-15/h6-10,14,20H,4-5,11-13H2,1-3H3,(H2,17,18,19). The molecule has 0 heterocycles. The first kappa shape index (κ1) is 19.4. The van der Waals surface area contributed by atoms with Gasteiger partial charge in [-0.15, -0.1) is 0 Å². The summed E-state index contributed by atoms with van der Waals surface area (Å²) in [4.78, 5) is 4.56. The second-order valence-corrected chi connectivity index (χ2v) is 7.35. The van der Waals surface area contributed by atoms with E-state index in [2.05, 4.69) is 39.4 Å². The number of hydrogen-bond donors (Lipinski definition) is 3. The Morgan fingerprint density at radius 1 is 1.13 bits per heavy atom. The van der Waals surface area contributed by atoms with E-state index in [0.29, 0.717) is 31.5 Å². The van der Waals surface area contributed by atoms with Gasteiger partial charge >= 0.3 is 0 Å². The normalized spacial score (nSPS) is 13.6. The van der Waals surface area contributed by atoms with Crippen LogP contribution < -0.4 is 15.4 Å². The number of sulfonamides is 1. The summed E-state index contributed by atoms with van der Waals surface area (Å²) in [6.45, 7) is 8.01. The Balaban J connectivity index is 2.47. The molecular weight excluding hydrogens is 312 g/mol. The fourth-order valence-electron chi connectivity index (χ4n) is 1.95. The molecule has 1 unspecified atom stereocenters. The van der Waals surface area contributed by atoms with Crippen LogP contribution in [-0.2, 0) is 10.0 Å². The number of nitrogens with one attached hydrogen (secondary N) is 3. The first-order chi connectivity index (χ1) is 11.0. The van der Waals surface area contributed by atoms with E-state index in [0.717, 1.165) is 6.54 Å². The van der Waals surface area contributed by atoms with Crippen LogP contribution in [0.4, 0.5) is 0 Å². The van der Waals surface area contributed by atoms with Crippen molar-refractivity contribution in [1.82, 2.24) is 15.4 Å². The third-order valence-corrected chi connectivity index (χ3v) is 4.76. The third-order valence-electron chi connectivity index (χ3n) is 3.36. The second-order valence-electron chi connectivity index (χ2n) is 5.26. The van der Waals surface area contributed by atoms with Gasteiger partial charge in [-0.3, -0.25) is 4.99 Å². The lowest BCUT2D eigenvalue weighted by Crippen LogP contribution is -2.41. The molecule has 1 aromatic rings. The van der Waals surface area contributed by atoms with Gasteiger partial charge in [0.2, 0.25) is 10.0 Å². The Morgan fingerprint density at radius 3 is 2.43 bits per heavy atom. The van der Waals surface area contributed by atoms with Crippen LogP contribution in [0.25, 0.3) is 0 Å². The third kappa shape index (κ3) is 7.99. The van der Waals surface area contributed by atoms with E-state index in [1.807, 2.05) is 25.1 Å². The molecular formula is C16H28N4O2S. The van der Waals surface area contributed by atoms with Gasteiger partial charge in [-0.2, -0.15) is 0 Å². The van der Waals surface area contributed by atoms with Crippen molar-refractivity contribution in [1.29, 1.82) is 0 Å². The molecule has 3 N–H and O–H groups in total. The lowest BCUT2D eigenvalue weighted by molar-refractivity contribution is 0.581. The van der Waals surface area contributed by atoms with Gasteiger partial charge in [0, 0.05) is 32.1 Å². The number of guanidine groups is 1. The van der Waals surface area contributed by atoms with Gasteiger partial charge in [-0.25, -0.2) is 13.1 Å². The Hall–Kier alpha value is -1.60. The number of aliphatic imine (C=N–C) groups is 1. The molecule has 130 valence electrons. The highest BCUT2D eigenvalue weighted by Crippen LogP contribution is 2.14. The lowest BCUT2D eigenvalue weighted by Gasteiger charge is -2.14. The maximum Gasteiger partial charge on any atom is 0.211 e. The number of benzene rings is 1. The fraction of sp³-hybridized carbons (Fsp3) is 0.562. The monoisotopic (exact) mass is 340 g/mol. The summed E-state index contributed by atoms with van der Waals surface area (Å²) in [6.07, 6.45) is 0. The van der Waals surface area contributed by atoms with Gasteiger partial charge in [0.05, 0.1) is 5.75 Å². The predicted molar refractivity (Wildman–Crippen MR) is 96.3 cm³/mol. The van der Waals surface area contributed by atoms with Crippen LogP contribution in [0.3, 0.4) is 0 Å². The van der Waals surface area contributed by atoms with Gasteiger partial charge in [-0.05, 0) is 19.4 Å². The molecule has 6 nitrogen and oxygen atoms in total. The minimum absolute atomic E-state index is 0.0930. The second kappa shape index (κ2) is 10.2. The van der Waals surface area contributed by atoms with Crippen LogP contribution >= 0.6 is 0 Å². The minimum atomic E-state index is -3.14. The minimum Gasteiger partial charge on any atom is -0.357 e. The lowest BCUT2D eigenvalue weighted by atomic mass is 10.0. The van der Waals surface area contributed by atoms with Crippen molar-refractivity contribution >= 4 is 16.0 Å². The van der Waals surface area contributed by atoms with Crippen LogP contribution in [0, 0.1) is 0 Å². The molecule has 1 rings (SSSR count). The van der Waals surface area contributed by atoms with Crippen LogP contribution in [-0.4, -0.2) is 46.3 Å². The molecule has 0 fully saturated rings. The zero-order valence-corrected chi connectivity index (χ0v) is 15.0. The number of rotatable bonds is 9. The SMILES string of the molecule is CCNC(=NCC(C)c1ccccc1)NCCNS(=O)(=O)CC. The summed E-state index contributed by atoms with van der Waals surface area (Å²) in [5.41, 5.74) is 1.25. The molecule has 0 bridgehead atoms. The molecule has 1 aromatic carbocycles. The summed E-state index contributed by atoms with van der Waals surface area (Å²) in [6, 6.07) is 10.3. The highest BCUT2D eigenvalue weighted by atomic mass is 32.2. The molecule has 0 saturated carbocycles. The summed E-state index contributed by atoms with van der Waals surface area (Å²) < 4.78 is 25.2. The Bertz CT molecular complexity index is 573. The predicted octanol–water partition coefficient (Wildman–Crippen LogP) is 1.28.